The predicted molar refractivity (Wildman–Crippen MR) is 80.1 cm³/mol. The summed E-state index contributed by atoms with van der Waals surface area (Å²) in [4.78, 5) is 4.95. The Labute approximate surface area is 114 Å². The average molecular weight is 255 g/mol. The molecule has 0 aromatic carbocycles. The maximum atomic E-state index is 3.56. The largest absolute Gasteiger partial charge is 0.315 e. The van der Waals surface area contributed by atoms with E-state index in [1.54, 1.807) is 0 Å². The molecule has 0 amide bonds. The third-order valence-electron chi connectivity index (χ3n) is 4.52. The normalized spacial score (nSPS) is 20.5. The molecule has 0 spiro atoms. The highest BCUT2D eigenvalue weighted by atomic mass is 15.2. The van der Waals surface area contributed by atoms with E-state index in [2.05, 4.69) is 57.0 Å². The minimum atomic E-state index is 0.445. The Bertz CT molecular complexity index is 234. The third-order valence-corrected chi connectivity index (χ3v) is 4.52. The second-order valence-electron chi connectivity index (χ2n) is 6.79. The number of hydrogen-bond acceptors (Lipinski definition) is 3. The molecule has 3 nitrogen and oxygen atoms in total. The van der Waals surface area contributed by atoms with Crippen LogP contribution in [-0.2, 0) is 0 Å². The van der Waals surface area contributed by atoms with Crippen LogP contribution in [0.2, 0.25) is 0 Å². The molecule has 3 heteroatoms. The van der Waals surface area contributed by atoms with E-state index in [4.69, 9.17) is 0 Å². The van der Waals surface area contributed by atoms with E-state index in [-0.39, 0.29) is 0 Å². The molecule has 0 aromatic rings. The number of rotatable bonds is 8. The van der Waals surface area contributed by atoms with Gasteiger partial charge in [0.05, 0.1) is 0 Å². The van der Waals surface area contributed by atoms with Gasteiger partial charge in [-0.3, -0.25) is 0 Å². The van der Waals surface area contributed by atoms with Crippen molar-refractivity contribution in [2.75, 3.05) is 40.8 Å². The molecule has 1 atom stereocenters. The molecular formula is C15H33N3. The lowest BCUT2D eigenvalue weighted by atomic mass is 9.75. The quantitative estimate of drug-likeness (QED) is 0.716. The standard InChI is InChI=1S/C15H33N3/c1-13(2)10-16-11-14(3)18(6)12-15(17(4)5)8-7-9-15/h13-14,16H,7-12H2,1-6H3. The lowest BCUT2D eigenvalue weighted by Crippen LogP contribution is -2.58. The minimum Gasteiger partial charge on any atom is -0.315 e. The number of nitrogens with zero attached hydrogens (tertiary/aromatic N) is 2. The fourth-order valence-corrected chi connectivity index (χ4v) is 2.69. The molecule has 108 valence electrons. The summed E-state index contributed by atoms with van der Waals surface area (Å²) in [5.41, 5.74) is 0.445. The van der Waals surface area contributed by atoms with Gasteiger partial charge in [-0.25, -0.2) is 0 Å². The summed E-state index contributed by atoms with van der Waals surface area (Å²) in [6.45, 7) is 10.3. The van der Waals surface area contributed by atoms with Crippen molar-refractivity contribution in [2.45, 2.75) is 51.6 Å². The molecule has 1 aliphatic rings. The van der Waals surface area contributed by atoms with Gasteiger partial charge in [-0.2, -0.15) is 0 Å². The van der Waals surface area contributed by atoms with Gasteiger partial charge in [0, 0.05) is 24.7 Å². The van der Waals surface area contributed by atoms with E-state index in [0.29, 0.717) is 11.6 Å². The molecule has 1 N–H and O–H groups in total. The summed E-state index contributed by atoms with van der Waals surface area (Å²) in [5, 5.41) is 3.56. The van der Waals surface area contributed by atoms with Crippen LogP contribution in [0.1, 0.15) is 40.0 Å². The maximum Gasteiger partial charge on any atom is 0.0330 e. The Hall–Kier alpha value is -0.120. The average Bonchev–Trinajstić information content (AvgIpc) is 2.21. The van der Waals surface area contributed by atoms with E-state index < -0.39 is 0 Å². The Morgan fingerprint density at radius 1 is 1.06 bits per heavy atom. The summed E-state index contributed by atoms with van der Waals surface area (Å²) in [6.07, 6.45) is 4.11. The summed E-state index contributed by atoms with van der Waals surface area (Å²) < 4.78 is 0. The number of hydrogen-bond donors (Lipinski definition) is 1. The lowest BCUT2D eigenvalue weighted by molar-refractivity contribution is 0.0182. The molecule has 0 bridgehead atoms. The maximum absolute atomic E-state index is 3.56. The van der Waals surface area contributed by atoms with Crippen LogP contribution >= 0.6 is 0 Å². The van der Waals surface area contributed by atoms with Crippen molar-refractivity contribution in [3.8, 4) is 0 Å². The van der Waals surface area contributed by atoms with Crippen LogP contribution in [0, 0.1) is 5.92 Å². The molecule has 18 heavy (non-hydrogen) atoms. The first-order chi connectivity index (χ1) is 8.37. The van der Waals surface area contributed by atoms with Crippen LogP contribution in [0.4, 0.5) is 0 Å². The monoisotopic (exact) mass is 255 g/mol. The van der Waals surface area contributed by atoms with Gasteiger partial charge in [-0.1, -0.05) is 13.8 Å². The van der Waals surface area contributed by atoms with Crippen molar-refractivity contribution in [2.24, 2.45) is 5.92 Å². The fraction of sp³-hybridized carbons (Fsp3) is 1.00. The zero-order valence-electron chi connectivity index (χ0n) is 13.3. The molecule has 1 saturated carbocycles. The fourth-order valence-electron chi connectivity index (χ4n) is 2.69. The van der Waals surface area contributed by atoms with E-state index in [0.717, 1.165) is 19.0 Å². The Morgan fingerprint density at radius 3 is 2.06 bits per heavy atom. The highest BCUT2D eigenvalue weighted by Crippen LogP contribution is 2.36. The van der Waals surface area contributed by atoms with Gasteiger partial charge in [0.1, 0.15) is 0 Å². The minimum absolute atomic E-state index is 0.445. The van der Waals surface area contributed by atoms with Crippen LogP contribution in [0.5, 0.6) is 0 Å². The lowest BCUT2D eigenvalue weighted by Gasteiger charge is -2.50. The molecular weight excluding hydrogens is 222 g/mol. The van der Waals surface area contributed by atoms with Gasteiger partial charge in [0.2, 0.25) is 0 Å². The summed E-state index contributed by atoms with van der Waals surface area (Å²) in [5.74, 6) is 0.738. The number of likely N-dealkylation sites (N-methyl/N-ethyl adjacent to an activating group) is 2. The topological polar surface area (TPSA) is 18.5 Å². The summed E-state index contributed by atoms with van der Waals surface area (Å²) in [6, 6.07) is 0.612. The summed E-state index contributed by atoms with van der Waals surface area (Å²) >= 11 is 0. The van der Waals surface area contributed by atoms with Crippen LogP contribution in [0.15, 0.2) is 0 Å². The molecule has 0 heterocycles. The van der Waals surface area contributed by atoms with Crippen LogP contribution < -0.4 is 5.32 Å². The highest BCUT2D eigenvalue weighted by molar-refractivity contribution is 4.98. The molecule has 1 aliphatic carbocycles. The van der Waals surface area contributed by atoms with Gasteiger partial charge in [0.15, 0.2) is 0 Å². The Kier molecular flexibility index (Phi) is 6.09. The summed E-state index contributed by atoms with van der Waals surface area (Å²) in [7, 11) is 6.73. The molecule has 1 unspecified atom stereocenters. The van der Waals surface area contributed by atoms with Gasteiger partial charge < -0.3 is 15.1 Å². The van der Waals surface area contributed by atoms with Crippen molar-refractivity contribution in [1.82, 2.24) is 15.1 Å². The molecule has 0 aromatic heterocycles. The van der Waals surface area contributed by atoms with Crippen LogP contribution in [0.3, 0.4) is 0 Å². The van der Waals surface area contributed by atoms with E-state index >= 15 is 0 Å². The zero-order chi connectivity index (χ0) is 13.8. The molecule has 0 aliphatic heterocycles. The van der Waals surface area contributed by atoms with Crippen molar-refractivity contribution in [3.05, 3.63) is 0 Å². The second kappa shape index (κ2) is 6.88. The van der Waals surface area contributed by atoms with Crippen LogP contribution in [0.25, 0.3) is 0 Å². The Balaban J connectivity index is 2.32. The smallest absolute Gasteiger partial charge is 0.0330 e. The van der Waals surface area contributed by atoms with Gasteiger partial charge in [0.25, 0.3) is 0 Å². The number of nitrogens with one attached hydrogen (secondary N) is 1. The van der Waals surface area contributed by atoms with Crippen LogP contribution in [-0.4, -0.2) is 62.2 Å². The zero-order valence-corrected chi connectivity index (χ0v) is 13.3. The highest BCUT2D eigenvalue weighted by Gasteiger charge is 2.40. The first-order valence-corrected chi connectivity index (χ1v) is 7.46. The van der Waals surface area contributed by atoms with Crippen molar-refractivity contribution in [1.29, 1.82) is 0 Å². The van der Waals surface area contributed by atoms with E-state index in [9.17, 15) is 0 Å². The van der Waals surface area contributed by atoms with Gasteiger partial charge in [-0.15, -0.1) is 0 Å². The van der Waals surface area contributed by atoms with Crippen molar-refractivity contribution >= 4 is 0 Å². The van der Waals surface area contributed by atoms with Gasteiger partial charge >= 0.3 is 0 Å². The third kappa shape index (κ3) is 4.22. The molecule has 0 saturated heterocycles. The predicted octanol–water partition coefficient (Wildman–Crippen LogP) is 2.04. The first-order valence-electron chi connectivity index (χ1n) is 7.46. The second-order valence-corrected chi connectivity index (χ2v) is 6.79. The molecule has 1 rings (SSSR count). The van der Waals surface area contributed by atoms with Crippen molar-refractivity contribution in [3.63, 3.8) is 0 Å². The Morgan fingerprint density at radius 2 is 1.67 bits per heavy atom. The van der Waals surface area contributed by atoms with Crippen molar-refractivity contribution < 1.29 is 0 Å². The molecule has 0 radical (unpaired) electrons. The SMILES string of the molecule is CC(C)CNCC(C)N(C)CC1(N(C)C)CCC1. The molecule has 1 fully saturated rings. The van der Waals surface area contributed by atoms with E-state index in [1.165, 1.54) is 25.8 Å². The van der Waals surface area contributed by atoms with Gasteiger partial charge in [-0.05, 0) is 59.8 Å². The first kappa shape index (κ1) is 15.9. The van der Waals surface area contributed by atoms with E-state index in [1.807, 2.05) is 0 Å².